The fourth-order valence-electron chi connectivity index (χ4n) is 1.89. The van der Waals surface area contributed by atoms with E-state index in [1.165, 1.54) is 17.8 Å². The zero-order chi connectivity index (χ0) is 15.4. The molecule has 0 bridgehead atoms. The van der Waals surface area contributed by atoms with E-state index in [1.807, 2.05) is 12.3 Å². The fourth-order valence-corrected chi connectivity index (χ4v) is 2.51. The van der Waals surface area contributed by atoms with Crippen molar-refractivity contribution in [2.75, 3.05) is 6.26 Å². The summed E-state index contributed by atoms with van der Waals surface area (Å²) in [5.74, 6) is -0.0811. The average Bonchev–Trinajstić information content (AvgIpc) is 2.50. The number of thioether (sulfide) groups is 1. The van der Waals surface area contributed by atoms with Crippen molar-refractivity contribution in [1.82, 2.24) is 0 Å². The van der Waals surface area contributed by atoms with Crippen molar-refractivity contribution in [3.8, 4) is 11.5 Å². The van der Waals surface area contributed by atoms with E-state index in [2.05, 4.69) is 5.16 Å². The molecule has 0 saturated heterocycles. The maximum Gasteiger partial charge on any atom is 0.175 e. The normalized spacial score (nSPS) is 11.5. The van der Waals surface area contributed by atoms with Gasteiger partial charge in [0.25, 0.3) is 0 Å². The van der Waals surface area contributed by atoms with E-state index < -0.39 is 5.82 Å². The van der Waals surface area contributed by atoms with Gasteiger partial charge in [-0.3, -0.25) is 0 Å². The van der Waals surface area contributed by atoms with Crippen molar-refractivity contribution in [3.05, 3.63) is 53.3 Å². The monoisotopic (exact) mass is 306 g/mol. The van der Waals surface area contributed by atoms with Gasteiger partial charge in [0, 0.05) is 4.90 Å². The SMILES string of the molecule is CSc1cccc(Oc2cccc(C)c2F)c1/C(N)=N/O. The lowest BCUT2D eigenvalue weighted by atomic mass is 10.1. The number of nitrogens with two attached hydrogens (primary N) is 1. The molecule has 2 aromatic rings. The van der Waals surface area contributed by atoms with Crippen LogP contribution < -0.4 is 10.5 Å². The molecule has 0 aromatic heterocycles. The van der Waals surface area contributed by atoms with E-state index in [-0.39, 0.29) is 11.6 Å². The smallest absolute Gasteiger partial charge is 0.175 e. The first kappa shape index (κ1) is 15.2. The molecule has 0 saturated carbocycles. The molecule has 21 heavy (non-hydrogen) atoms. The van der Waals surface area contributed by atoms with Crippen molar-refractivity contribution >= 4 is 17.6 Å². The molecule has 2 rings (SSSR count). The number of aryl methyl sites for hydroxylation is 1. The van der Waals surface area contributed by atoms with Crippen LogP contribution >= 0.6 is 11.8 Å². The van der Waals surface area contributed by atoms with Crippen LogP contribution in [-0.2, 0) is 0 Å². The molecule has 0 unspecified atom stereocenters. The maximum atomic E-state index is 14.0. The summed E-state index contributed by atoms with van der Waals surface area (Å²) in [5, 5.41) is 11.9. The van der Waals surface area contributed by atoms with E-state index >= 15 is 0 Å². The average molecular weight is 306 g/mol. The topological polar surface area (TPSA) is 67.8 Å². The second kappa shape index (κ2) is 6.49. The number of rotatable bonds is 4. The zero-order valence-corrected chi connectivity index (χ0v) is 12.4. The molecule has 0 fully saturated rings. The van der Waals surface area contributed by atoms with E-state index in [0.717, 1.165) is 4.90 Å². The minimum absolute atomic E-state index is 0.0805. The molecule has 0 amide bonds. The number of amidine groups is 1. The Morgan fingerprint density at radius 1 is 1.24 bits per heavy atom. The third-order valence-electron chi connectivity index (χ3n) is 2.95. The van der Waals surface area contributed by atoms with Crippen molar-refractivity contribution in [1.29, 1.82) is 0 Å². The summed E-state index contributed by atoms with van der Waals surface area (Å²) in [6.07, 6.45) is 1.86. The highest BCUT2D eigenvalue weighted by Gasteiger charge is 2.16. The van der Waals surface area contributed by atoms with Crippen molar-refractivity contribution < 1.29 is 14.3 Å². The summed E-state index contributed by atoms with van der Waals surface area (Å²) in [7, 11) is 0. The van der Waals surface area contributed by atoms with Gasteiger partial charge in [0.15, 0.2) is 17.4 Å². The first-order valence-corrected chi connectivity index (χ1v) is 7.38. The Morgan fingerprint density at radius 3 is 2.57 bits per heavy atom. The van der Waals surface area contributed by atoms with Gasteiger partial charge in [0.2, 0.25) is 0 Å². The van der Waals surface area contributed by atoms with Crippen LogP contribution in [0.4, 0.5) is 4.39 Å². The second-order valence-electron chi connectivity index (χ2n) is 4.31. The predicted molar refractivity (Wildman–Crippen MR) is 81.9 cm³/mol. The summed E-state index contributed by atoms with van der Waals surface area (Å²) in [6, 6.07) is 10.1. The van der Waals surface area contributed by atoms with Gasteiger partial charge in [0.05, 0.1) is 5.56 Å². The maximum absolute atomic E-state index is 14.0. The third-order valence-corrected chi connectivity index (χ3v) is 3.73. The molecule has 0 aliphatic rings. The number of halogens is 1. The van der Waals surface area contributed by atoms with Crippen LogP contribution in [-0.4, -0.2) is 17.3 Å². The van der Waals surface area contributed by atoms with Crippen molar-refractivity contribution in [3.63, 3.8) is 0 Å². The van der Waals surface area contributed by atoms with Crippen LogP contribution in [0, 0.1) is 12.7 Å². The Labute approximate surface area is 126 Å². The molecule has 0 radical (unpaired) electrons. The molecule has 110 valence electrons. The van der Waals surface area contributed by atoms with Gasteiger partial charge >= 0.3 is 0 Å². The molecule has 0 atom stereocenters. The Balaban J connectivity index is 2.52. The molecule has 2 aromatic carbocycles. The quantitative estimate of drug-likeness (QED) is 0.297. The minimum atomic E-state index is -0.433. The molecule has 0 aliphatic heterocycles. The highest BCUT2D eigenvalue weighted by atomic mass is 32.2. The summed E-state index contributed by atoms with van der Waals surface area (Å²) >= 11 is 1.43. The van der Waals surface area contributed by atoms with Crippen LogP contribution in [0.2, 0.25) is 0 Å². The highest BCUT2D eigenvalue weighted by Crippen LogP contribution is 2.33. The Morgan fingerprint density at radius 2 is 1.90 bits per heavy atom. The largest absolute Gasteiger partial charge is 0.453 e. The molecule has 0 spiro atoms. The summed E-state index contributed by atoms with van der Waals surface area (Å²) in [5.41, 5.74) is 6.63. The van der Waals surface area contributed by atoms with Crippen LogP contribution in [0.3, 0.4) is 0 Å². The van der Waals surface area contributed by atoms with Crippen LogP contribution in [0.25, 0.3) is 0 Å². The molecule has 6 heteroatoms. The second-order valence-corrected chi connectivity index (χ2v) is 5.16. The van der Waals surface area contributed by atoms with Crippen LogP contribution in [0.1, 0.15) is 11.1 Å². The summed E-state index contributed by atoms with van der Waals surface area (Å²) in [4.78, 5) is 0.774. The van der Waals surface area contributed by atoms with E-state index in [1.54, 1.807) is 31.2 Å². The highest BCUT2D eigenvalue weighted by molar-refractivity contribution is 7.98. The molecular formula is C15H15FN2O2S. The van der Waals surface area contributed by atoms with Gasteiger partial charge in [-0.25, -0.2) is 4.39 Å². The number of oxime groups is 1. The van der Waals surface area contributed by atoms with Gasteiger partial charge in [-0.1, -0.05) is 23.4 Å². The zero-order valence-electron chi connectivity index (χ0n) is 11.6. The van der Waals surface area contributed by atoms with Crippen LogP contribution in [0.5, 0.6) is 11.5 Å². The first-order chi connectivity index (χ1) is 10.1. The van der Waals surface area contributed by atoms with Crippen molar-refractivity contribution in [2.45, 2.75) is 11.8 Å². The lowest BCUT2D eigenvalue weighted by Crippen LogP contribution is -2.15. The summed E-state index contributed by atoms with van der Waals surface area (Å²) in [6.45, 7) is 1.66. The van der Waals surface area contributed by atoms with E-state index in [4.69, 9.17) is 15.7 Å². The van der Waals surface area contributed by atoms with E-state index in [0.29, 0.717) is 16.9 Å². The van der Waals surface area contributed by atoms with Crippen molar-refractivity contribution in [2.24, 2.45) is 10.9 Å². The first-order valence-electron chi connectivity index (χ1n) is 6.16. The van der Waals surface area contributed by atoms with Gasteiger partial charge < -0.3 is 15.7 Å². The number of hydrogen-bond donors (Lipinski definition) is 2. The Hall–Kier alpha value is -2.21. The van der Waals surface area contributed by atoms with Gasteiger partial charge in [-0.2, -0.15) is 0 Å². The molecule has 0 aliphatic carbocycles. The van der Waals surface area contributed by atoms with Gasteiger partial charge in [-0.15, -0.1) is 11.8 Å². The molecule has 3 N–H and O–H groups in total. The Kier molecular flexibility index (Phi) is 4.70. The standard InChI is InChI=1S/C15H15FN2O2S/c1-9-5-3-7-11(14(9)16)20-10-6-4-8-12(21-2)13(10)15(17)18-19/h3-8,19H,1-2H3,(H2,17,18). The molecular weight excluding hydrogens is 291 g/mol. The molecule has 0 heterocycles. The molecule has 4 nitrogen and oxygen atoms in total. The minimum Gasteiger partial charge on any atom is -0.453 e. The number of ether oxygens (including phenoxy) is 1. The van der Waals surface area contributed by atoms with Gasteiger partial charge in [0.1, 0.15) is 5.75 Å². The summed E-state index contributed by atoms with van der Waals surface area (Å²) < 4.78 is 19.7. The van der Waals surface area contributed by atoms with Gasteiger partial charge in [-0.05, 0) is 36.9 Å². The third kappa shape index (κ3) is 3.11. The number of nitrogens with zero attached hydrogens (tertiary/aromatic N) is 1. The van der Waals surface area contributed by atoms with Crippen LogP contribution in [0.15, 0.2) is 46.4 Å². The number of benzene rings is 2. The predicted octanol–water partition coefficient (Wildman–Crippen LogP) is 3.74. The fraction of sp³-hybridized carbons (Fsp3) is 0.133. The Bertz CT molecular complexity index is 689. The lowest BCUT2D eigenvalue weighted by Gasteiger charge is -2.14. The van der Waals surface area contributed by atoms with E-state index in [9.17, 15) is 4.39 Å². The lowest BCUT2D eigenvalue weighted by molar-refractivity contribution is 0.318. The number of hydrogen-bond acceptors (Lipinski definition) is 4.